The zero-order chi connectivity index (χ0) is 31.6. The van der Waals surface area contributed by atoms with E-state index in [1.165, 1.54) is 11.1 Å². The van der Waals surface area contributed by atoms with Crippen LogP contribution in [0.4, 0.5) is 17.1 Å². The summed E-state index contributed by atoms with van der Waals surface area (Å²) < 4.78 is 13.3. The van der Waals surface area contributed by atoms with Crippen LogP contribution in [-0.4, -0.2) is 22.8 Å². The van der Waals surface area contributed by atoms with E-state index in [1.54, 1.807) is 30.3 Å². The molecule has 1 aliphatic heterocycles. The number of carbonyl (C=O) groups excluding carboxylic acids is 2. The maximum Gasteiger partial charge on any atom is 0.197 e. The Labute approximate surface area is 260 Å². The number of carbonyl (C=O) groups is 2. The van der Waals surface area contributed by atoms with Gasteiger partial charge in [-0.1, -0.05) is 74.5 Å². The summed E-state index contributed by atoms with van der Waals surface area (Å²) in [6, 6.07) is 27.8. The van der Waals surface area contributed by atoms with Crippen LogP contribution in [0.3, 0.4) is 0 Å². The number of Topliss-reactive ketones (excluding diaryl/α,β-unsaturated/α-hetero) is 2. The first kappa shape index (κ1) is 29.4. The number of para-hydroxylation sites is 2. The van der Waals surface area contributed by atoms with Crippen LogP contribution in [0.25, 0.3) is 6.08 Å². The summed E-state index contributed by atoms with van der Waals surface area (Å²) in [4.78, 5) is 29.0. The molecule has 5 nitrogen and oxygen atoms in total. The molecule has 0 N–H and O–H groups in total. The number of nitrogens with zero attached hydrogens (tertiary/aromatic N) is 1. The molecular formula is C39H39NO4. The molecule has 2 aliphatic rings. The summed E-state index contributed by atoms with van der Waals surface area (Å²) in [6.07, 6.45) is 1.66. The van der Waals surface area contributed by atoms with Crippen LogP contribution in [0, 0.1) is 0 Å². The van der Waals surface area contributed by atoms with Crippen molar-refractivity contribution in [3.8, 4) is 11.5 Å². The molecule has 0 saturated heterocycles. The topological polar surface area (TPSA) is 55.8 Å². The van der Waals surface area contributed by atoms with Gasteiger partial charge >= 0.3 is 0 Å². The Morgan fingerprint density at radius 2 is 1.07 bits per heavy atom. The van der Waals surface area contributed by atoms with Crippen LogP contribution in [0.1, 0.15) is 92.8 Å². The van der Waals surface area contributed by atoms with Crippen molar-refractivity contribution in [2.24, 2.45) is 0 Å². The van der Waals surface area contributed by atoms with Gasteiger partial charge in [0.25, 0.3) is 0 Å². The number of benzene rings is 4. The molecule has 0 radical (unpaired) electrons. The lowest BCUT2D eigenvalue weighted by molar-refractivity contribution is 0.0990. The molecule has 4 aromatic carbocycles. The maximum atomic E-state index is 13.4. The fourth-order valence-electron chi connectivity index (χ4n) is 6.17. The predicted molar refractivity (Wildman–Crippen MR) is 177 cm³/mol. The molecule has 0 bridgehead atoms. The highest BCUT2D eigenvalue weighted by Crippen LogP contribution is 2.54. The second kappa shape index (κ2) is 10.2. The van der Waals surface area contributed by atoms with Crippen LogP contribution in [0.15, 0.2) is 90.5 Å². The normalized spacial score (nSPS) is 15.5. The minimum atomic E-state index is -0.552. The number of fused-ring (bicyclic) bond motifs is 3. The molecule has 5 heteroatoms. The first-order chi connectivity index (χ1) is 20.7. The highest BCUT2D eigenvalue weighted by Gasteiger charge is 2.38. The number of allylic oxidation sites excluding steroid dienone is 1. The molecule has 0 unspecified atom stereocenters. The molecule has 0 spiro atoms. The lowest BCUT2D eigenvalue weighted by Crippen LogP contribution is -2.31. The Kier molecular flexibility index (Phi) is 6.84. The smallest absolute Gasteiger partial charge is 0.197 e. The van der Waals surface area contributed by atoms with Gasteiger partial charge < -0.3 is 14.4 Å². The average Bonchev–Trinajstić information content (AvgIpc) is 3.18. The van der Waals surface area contributed by atoms with Gasteiger partial charge in [0.1, 0.15) is 22.7 Å². The van der Waals surface area contributed by atoms with Crippen molar-refractivity contribution in [1.29, 1.82) is 0 Å². The van der Waals surface area contributed by atoms with Gasteiger partial charge in [-0.2, -0.15) is 0 Å². The van der Waals surface area contributed by atoms with Gasteiger partial charge in [0.05, 0.1) is 22.6 Å². The van der Waals surface area contributed by atoms with Gasteiger partial charge in [-0.3, -0.25) is 9.59 Å². The van der Waals surface area contributed by atoms with E-state index in [-0.39, 0.29) is 22.6 Å². The van der Waals surface area contributed by atoms with Crippen molar-refractivity contribution in [2.45, 2.75) is 72.0 Å². The molecule has 0 amide bonds. The van der Waals surface area contributed by atoms with Crippen molar-refractivity contribution in [2.75, 3.05) is 4.90 Å². The Hall–Kier alpha value is -4.64. The van der Waals surface area contributed by atoms with E-state index in [9.17, 15) is 9.59 Å². The summed E-state index contributed by atoms with van der Waals surface area (Å²) in [6.45, 7) is 16.5. The average molecular weight is 586 g/mol. The van der Waals surface area contributed by atoms with Crippen molar-refractivity contribution >= 4 is 34.7 Å². The maximum absolute atomic E-state index is 13.4. The van der Waals surface area contributed by atoms with Crippen molar-refractivity contribution in [3.63, 3.8) is 0 Å². The molecule has 0 aromatic heterocycles. The third kappa shape index (κ3) is 5.11. The summed E-state index contributed by atoms with van der Waals surface area (Å²) in [7, 11) is 0. The van der Waals surface area contributed by atoms with E-state index >= 15 is 0 Å². The minimum absolute atomic E-state index is 0.120. The molecule has 0 fully saturated rings. The molecule has 6 rings (SSSR count). The zero-order valence-corrected chi connectivity index (χ0v) is 26.7. The molecule has 1 aliphatic carbocycles. The Morgan fingerprint density at radius 3 is 1.57 bits per heavy atom. The molecule has 44 heavy (non-hydrogen) atoms. The Bertz CT molecular complexity index is 1760. The van der Waals surface area contributed by atoms with Crippen LogP contribution >= 0.6 is 0 Å². The monoisotopic (exact) mass is 585 g/mol. The number of ketones is 2. The third-order valence-corrected chi connectivity index (χ3v) is 8.01. The number of anilines is 3. The molecule has 0 saturated carbocycles. The molecule has 224 valence electrons. The molecule has 0 atom stereocenters. The number of hydrogen-bond acceptors (Lipinski definition) is 5. The number of rotatable bonds is 4. The lowest BCUT2D eigenvalue weighted by Gasteiger charge is -2.42. The van der Waals surface area contributed by atoms with E-state index in [0.717, 1.165) is 17.1 Å². The van der Waals surface area contributed by atoms with Gasteiger partial charge in [-0.25, -0.2) is 0 Å². The van der Waals surface area contributed by atoms with Crippen molar-refractivity contribution in [3.05, 3.63) is 118 Å². The summed E-state index contributed by atoms with van der Waals surface area (Å²) >= 11 is 0. The third-order valence-electron chi connectivity index (χ3n) is 8.01. The van der Waals surface area contributed by atoms with Gasteiger partial charge in [0.15, 0.2) is 11.6 Å². The lowest BCUT2D eigenvalue weighted by atomic mass is 9.73. The van der Waals surface area contributed by atoms with Gasteiger partial charge in [0, 0.05) is 28.2 Å². The zero-order valence-electron chi connectivity index (χ0n) is 26.7. The quantitative estimate of drug-likeness (QED) is 0.176. The molecule has 1 heterocycles. The van der Waals surface area contributed by atoms with E-state index in [1.807, 2.05) is 53.7 Å². The first-order valence-electron chi connectivity index (χ1n) is 15.1. The van der Waals surface area contributed by atoms with Crippen LogP contribution in [0.5, 0.6) is 11.5 Å². The van der Waals surface area contributed by atoms with Crippen molar-refractivity contribution in [1.82, 2.24) is 0 Å². The van der Waals surface area contributed by atoms with Gasteiger partial charge in [-0.05, 0) is 76.9 Å². The van der Waals surface area contributed by atoms with Crippen molar-refractivity contribution < 1.29 is 19.1 Å². The predicted octanol–water partition coefficient (Wildman–Crippen LogP) is 9.61. The van der Waals surface area contributed by atoms with Gasteiger partial charge in [-0.15, -0.1) is 0 Å². The fraction of sp³-hybridized carbons (Fsp3) is 0.282. The Morgan fingerprint density at radius 1 is 0.614 bits per heavy atom. The summed E-state index contributed by atoms with van der Waals surface area (Å²) in [5, 5.41) is 0. The van der Waals surface area contributed by atoms with Gasteiger partial charge in [0.2, 0.25) is 0 Å². The first-order valence-corrected chi connectivity index (χ1v) is 15.1. The van der Waals surface area contributed by atoms with Crippen LogP contribution < -0.4 is 14.4 Å². The van der Waals surface area contributed by atoms with Crippen LogP contribution in [-0.2, 0) is 5.41 Å². The second-order valence-electron chi connectivity index (χ2n) is 14.0. The largest absolute Gasteiger partial charge is 0.487 e. The standard InChI is InChI=1S/C39H39NO4/c1-37(2,3)43-33-23-32(40-30-19-13-11-17-28(30)39(7,8)29-18-12-14-20-31(29)40)34(44-38(4,5)6)22-24(33)21-27-35(41)25-15-9-10-16-26(25)36(27)42/h9-23H,1-8H3. The highest BCUT2D eigenvalue weighted by molar-refractivity contribution is 6.41. The number of hydrogen-bond donors (Lipinski definition) is 0. The van der Waals surface area contributed by atoms with E-state index in [0.29, 0.717) is 28.2 Å². The fourth-order valence-corrected chi connectivity index (χ4v) is 6.17. The molecule has 4 aromatic rings. The van der Waals surface area contributed by atoms with E-state index in [4.69, 9.17) is 9.47 Å². The minimum Gasteiger partial charge on any atom is -0.487 e. The number of ether oxygens (including phenoxy) is 2. The van der Waals surface area contributed by atoms with Crippen LogP contribution in [0.2, 0.25) is 0 Å². The van der Waals surface area contributed by atoms with E-state index < -0.39 is 11.2 Å². The summed E-state index contributed by atoms with van der Waals surface area (Å²) in [5.74, 6) is 0.606. The molecular weight excluding hydrogens is 546 g/mol. The summed E-state index contributed by atoms with van der Waals surface area (Å²) in [5.41, 5.74) is 5.58. The highest BCUT2D eigenvalue weighted by atomic mass is 16.5. The van der Waals surface area contributed by atoms with E-state index in [2.05, 4.69) is 67.3 Å². The SMILES string of the molecule is CC(C)(C)Oc1cc(N2c3ccccc3C(C)(C)c3ccccc32)c(OC(C)(C)C)cc1C=C1C(=O)c2ccccc2C1=O. The second-order valence-corrected chi connectivity index (χ2v) is 14.0. The Balaban J connectivity index is 1.63.